The number of hydrogen-bond acceptors (Lipinski definition) is 5. The highest BCUT2D eigenvalue weighted by Crippen LogP contribution is 2.24. The van der Waals surface area contributed by atoms with Gasteiger partial charge in [-0.05, 0) is 25.2 Å². The molecule has 94 valence electrons. The molecule has 0 saturated heterocycles. The topological polar surface area (TPSA) is 111 Å². The fourth-order valence-electron chi connectivity index (χ4n) is 1.22. The molecule has 0 bridgehead atoms. The summed E-state index contributed by atoms with van der Waals surface area (Å²) in [7, 11) is -1.09. The number of benzene rings is 1. The fraction of sp³-hybridized carbons (Fsp3) is 0.222. The van der Waals surface area contributed by atoms with Crippen LogP contribution in [0.5, 0.6) is 5.75 Å². The molecule has 8 heteroatoms. The summed E-state index contributed by atoms with van der Waals surface area (Å²) in [6.07, 6.45) is 0. The summed E-state index contributed by atoms with van der Waals surface area (Å²) in [4.78, 5) is 11.2. The summed E-state index contributed by atoms with van der Waals surface area (Å²) in [5.74, 6) is 4.53. The molecule has 0 spiro atoms. The van der Waals surface area contributed by atoms with Crippen molar-refractivity contribution in [3.63, 3.8) is 0 Å². The van der Waals surface area contributed by atoms with Crippen LogP contribution >= 0.6 is 0 Å². The lowest BCUT2D eigenvalue weighted by molar-refractivity contribution is 0.0953. The Hall–Kier alpha value is -1.64. The molecule has 0 fully saturated rings. The summed E-state index contributed by atoms with van der Waals surface area (Å²) >= 11 is 0. The van der Waals surface area contributed by atoms with Gasteiger partial charge in [-0.2, -0.15) is 0 Å². The minimum atomic E-state index is -3.70. The molecule has 0 aliphatic rings. The van der Waals surface area contributed by atoms with Crippen molar-refractivity contribution in [2.24, 2.45) is 5.84 Å². The Balaban J connectivity index is 3.40. The minimum Gasteiger partial charge on any atom is -0.495 e. The highest BCUT2D eigenvalue weighted by Gasteiger charge is 2.19. The second-order valence-electron chi connectivity index (χ2n) is 3.05. The van der Waals surface area contributed by atoms with E-state index in [4.69, 9.17) is 10.6 Å². The van der Waals surface area contributed by atoms with Crippen molar-refractivity contribution >= 4 is 15.9 Å². The largest absolute Gasteiger partial charge is 0.495 e. The van der Waals surface area contributed by atoms with Crippen molar-refractivity contribution < 1.29 is 17.9 Å². The van der Waals surface area contributed by atoms with Crippen molar-refractivity contribution in [1.29, 1.82) is 0 Å². The Kier molecular flexibility index (Phi) is 4.05. The molecule has 0 heterocycles. The van der Waals surface area contributed by atoms with Gasteiger partial charge in [-0.25, -0.2) is 19.0 Å². The lowest BCUT2D eigenvalue weighted by Gasteiger charge is -2.10. The number of rotatable bonds is 4. The summed E-state index contributed by atoms with van der Waals surface area (Å²) in [6, 6.07) is 3.98. The number of nitrogen functional groups attached to an aromatic ring is 1. The standard InChI is InChI=1S/C9H13N3O4S/c1-11-17(14,15)8-5-6(9(13)12-10)3-4-7(8)16-2/h3-5,11H,10H2,1-2H3,(H,12,13). The van der Waals surface area contributed by atoms with Gasteiger partial charge in [0.1, 0.15) is 10.6 Å². The highest BCUT2D eigenvalue weighted by molar-refractivity contribution is 7.89. The van der Waals surface area contributed by atoms with E-state index < -0.39 is 15.9 Å². The van der Waals surface area contributed by atoms with Crippen LogP contribution in [0.15, 0.2) is 23.1 Å². The van der Waals surface area contributed by atoms with Crippen LogP contribution in [0, 0.1) is 0 Å². The molecule has 0 radical (unpaired) electrons. The first kappa shape index (κ1) is 13.4. The predicted octanol–water partition coefficient (Wildman–Crippen LogP) is -0.793. The molecule has 7 nitrogen and oxygen atoms in total. The molecule has 1 aromatic rings. The van der Waals surface area contributed by atoms with Crippen molar-refractivity contribution in [3.05, 3.63) is 23.8 Å². The van der Waals surface area contributed by atoms with E-state index in [9.17, 15) is 13.2 Å². The van der Waals surface area contributed by atoms with Gasteiger partial charge in [0.25, 0.3) is 5.91 Å². The first-order valence-corrected chi connectivity index (χ1v) is 6.07. The average molecular weight is 259 g/mol. The summed E-state index contributed by atoms with van der Waals surface area (Å²) in [5.41, 5.74) is 2.05. The third-order valence-corrected chi connectivity index (χ3v) is 3.55. The monoisotopic (exact) mass is 259 g/mol. The van der Waals surface area contributed by atoms with Crippen molar-refractivity contribution in [2.75, 3.05) is 14.2 Å². The van der Waals surface area contributed by atoms with E-state index in [2.05, 4.69) is 4.72 Å². The van der Waals surface area contributed by atoms with Crippen LogP contribution in [0.4, 0.5) is 0 Å². The van der Waals surface area contributed by atoms with Crippen LogP contribution in [0.25, 0.3) is 0 Å². The molecular weight excluding hydrogens is 246 g/mol. The first-order valence-electron chi connectivity index (χ1n) is 4.58. The van der Waals surface area contributed by atoms with Crippen LogP contribution in [-0.4, -0.2) is 28.5 Å². The van der Waals surface area contributed by atoms with Crippen molar-refractivity contribution in [2.45, 2.75) is 4.90 Å². The number of nitrogens with one attached hydrogen (secondary N) is 2. The molecule has 1 amide bonds. The highest BCUT2D eigenvalue weighted by atomic mass is 32.2. The van der Waals surface area contributed by atoms with Gasteiger partial charge in [0.15, 0.2) is 0 Å². The van der Waals surface area contributed by atoms with E-state index in [0.717, 1.165) is 0 Å². The summed E-state index contributed by atoms with van der Waals surface area (Å²) < 4.78 is 30.4. The molecule has 0 aromatic heterocycles. The van der Waals surface area contributed by atoms with E-state index in [0.29, 0.717) is 0 Å². The van der Waals surface area contributed by atoms with Crippen LogP contribution in [0.1, 0.15) is 10.4 Å². The number of methoxy groups -OCH3 is 1. The number of nitrogens with two attached hydrogens (primary N) is 1. The molecule has 0 saturated carbocycles. The quantitative estimate of drug-likeness (QED) is 0.373. The Morgan fingerprint density at radius 3 is 2.53 bits per heavy atom. The number of ether oxygens (including phenoxy) is 1. The van der Waals surface area contributed by atoms with Crippen LogP contribution in [0.3, 0.4) is 0 Å². The van der Waals surface area contributed by atoms with Gasteiger partial charge < -0.3 is 4.74 Å². The lowest BCUT2D eigenvalue weighted by Crippen LogP contribution is -2.30. The van der Waals surface area contributed by atoms with Gasteiger partial charge in [-0.15, -0.1) is 0 Å². The number of sulfonamides is 1. The molecule has 0 aliphatic carbocycles. The van der Waals surface area contributed by atoms with E-state index in [-0.39, 0.29) is 16.2 Å². The molecular formula is C9H13N3O4S. The number of amides is 1. The minimum absolute atomic E-state index is 0.122. The number of carbonyl (C=O) groups is 1. The van der Waals surface area contributed by atoms with Gasteiger partial charge >= 0.3 is 0 Å². The average Bonchev–Trinajstić information content (AvgIpc) is 2.36. The maximum absolute atomic E-state index is 11.7. The van der Waals surface area contributed by atoms with Gasteiger partial charge in [0.05, 0.1) is 7.11 Å². The molecule has 4 N–H and O–H groups in total. The van der Waals surface area contributed by atoms with E-state index in [1.165, 1.54) is 32.4 Å². The van der Waals surface area contributed by atoms with E-state index in [1.54, 1.807) is 0 Å². The molecule has 0 aliphatic heterocycles. The van der Waals surface area contributed by atoms with E-state index >= 15 is 0 Å². The van der Waals surface area contributed by atoms with E-state index in [1.807, 2.05) is 5.43 Å². The Labute approximate surface area is 99.0 Å². The molecule has 0 unspecified atom stereocenters. The van der Waals surface area contributed by atoms with Gasteiger partial charge in [-0.3, -0.25) is 10.2 Å². The van der Waals surface area contributed by atoms with Crippen LogP contribution in [0.2, 0.25) is 0 Å². The molecule has 1 aromatic carbocycles. The molecule has 0 atom stereocenters. The fourth-order valence-corrected chi connectivity index (χ4v) is 2.14. The SMILES string of the molecule is CNS(=O)(=O)c1cc(C(=O)NN)ccc1OC. The lowest BCUT2D eigenvalue weighted by atomic mass is 10.2. The molecule has 17 heavy (non-hydrogen) atoms. The normalized spacial score (nSPS) is 11.0. The second-order valence-corrected chi connectivity index (χ2v) is 4.90. The van der Waals surface area contributed by atoms with Crippen molar-refractivity contribution in [3.8, 4) is 5.75 Å². The third kappa shape index (κ3) is 2.73. The van der Waals surface area contributed by atoms with Gasteiger partial charge in [-0.1, -0.05) is 0 Å². The Bertz CT molecular complexity index is 527. The Morgan fingerprint density at radius 1 is 1.41 bits per heavy atom. The maximum atomic E-state index is 11.7. The smallest absolute Gasteiger partial charge is 0.265 e. The summed E-state index contributed by atoms with van der Waals surface area (Å²) in [6.45, 7) is 0. The van der Waals surface area contributed by atoms with Crippen molar-refractivity contribution in [1.82, 2.24) is 10.1 Å². The third-order valence-electron chi connectivity index (χ3n) is 2.12. The van der Waals surface area contributed by atoms with Crippen LogP contribution in [-0.2, 0) is 10.0 Å². The first-order chi connectivity index (χ1) is 7.96. The predicted molar refractivity (Wildman–Crippen MR) is 60.9 cm³/mol. The zero-order chi connectivity index (χ0) is 13.1. The number of carbonyl (C=O) groups excluding carboxylic acids is 1. The number of hydrazine groups is 1. The molecule has 1 rings (SSSR count). The van der Waals surface area contributed by atoms with Gasteiger partial charge in [0, 0.05) is 5.56 Å². The Morgan fingerprint density at radius 2 is 2.06 bits per heavy atom. The van der Waals surface area contributed by atoms with Gasteiger partial charge in [0.2, 0.25) is 10.0 Å². The number of hydrogen-bond donors (Lipinski definition) is 3. The zero-order valence-corrected chi connectivity index (χ0v) is 10.2. The second kappa shape index (κ2) is 5.13. The zero-order valence-electron chi connectivity index (χ0n) is 9.35. The summed E-state index contributed by atoms with van der Waals surface area (Å²) in [5, 5.41) is 0. The van der Waals surface area contributed by atoms with Crippen LogP contribution < -0.4 is 20.7 Å². The maximum Gasteiger partial charge on any atom is 0.265 e.